The molecule has 0 aliphatic rings. The Labute approximate surface area is 161 Å². The molecule has 3 aromatic heterocycles. The number of nitrogens with one attached hydrogen (secondary N) is 1. The van der Waals surface area contributed by atoms with Gasteiger partial charge in [0.15, 0.2) is 5.65 Å². The average Bonchev–Trinajstić information content (AvgIpc) is 3.23. The quantitative estimate of drug-likeness (QED) is 0.560. The van der Waals surface area contributed by atoms with Crippen molar-refractivity contribution in [2.24, 2.45) is 0 Å². The highest BCUT2D eigenvalue weighted by molar-refractivity contribution is 5.77. The van der Waals surface area contributed by atoms with Crippen LogP contribution in [-0.2, 0) is 17.9 Å². The number of aryl methyl sites for hydroxylation is 1. The van der Waals surface area contributed by atoms with Gasteiger partial charge in [-0.1, -0.05) is 12.1 Å². The van der Waals surface area contributed by atoms with Crippen LogP contribution in [0.5, 0.6) is 5.75 Å². The van der Waals surface area contributed by atoms with Crippen molar-refractivity contribution in [1.29, 1.82) is 0 Å². The Bertz CT molecular complexity index is 1190. The largest absolute Gasteiger partial charge is 0.497 e. The minimum absolute atomic E-state index is 0.123. The van der Waals surface area contributed by atoms with E-state index in [1.807, 2.05) is 53.1 Å². The van der Waals surface area contributed by atoms with E-state index in [4.69, 9.17) is 4.74 Å². The van der Waals surface area contributed by atoms with Crippen LogP contribution in [0.3, 0.4) is 0 Å². The van der Waals surface area contributed by atoms with Gasteiger partial charge in [0, 0.05) is 31.9 Å². The van der Waals surface area contributed by atoms with Gasteiger partial charge in [-0.15, -0.1) is 0 Å². The lowest BCUT2D eigenvalue weighted by molar-refractivity contribution is -0.121. The molecule has 142 valence electrons. The van der Waals surface area contributed by atoms with Crippen molar-refractivity contribution in [3.05, 3.63) is 76.8 Å². The summed E-state index contributed by atoms with van der Waals surface area (Å²) in [6.45, 7) is 0.691. The highest BCUT2D eigenvalue weighted by Crippen LogP contribution is 2.13. The Morgan fingerprint density at radius 3 is 2.68 bits per heavy atom. The van der Waals surface area contributed by atoms with Crippen molar-refractivity contribution in [1.82, 2.24) is 19.3 Å². The summed E-state index contributed by atoms with van der Waals surface area (Å²) in [4.78, 5) is 29.5. The van der Waals surface area contributed by atoms with Crippen LogP contribution < -0.4 is 15.6 Å². The number of hydrogen-bond donors (Lipinski definition) is 1. The first-order valence-electron chi connectivity index (χ1n) is 9.01. The first kappa shape index (κ1) is 17.8. The molecule has 0 fully saturated rings. The number of aromatic nitrogens is 3. The number of ether oxygens (including phenoxy) is 1. The molecule has 4 aromatic rings. The Morgan fingerprint density at radius 2 is 1.89 bits per heavy atom. The molecule has 1 amide bonds. The second-order valence-electron chi connectivity index (χ2n) is 6.44. The van der Waals surface area contributed by atoms with E-state index in [2.05, 4.69) is 10.3 Å². The zero-order valence-electron chi connectivity index (χ0n) is 15.5. The average molecular weight is 376 g/mol. The van der Waals surface area contributed by atoms with E-state index in [9.17, 15) is 9.59 Å². The maximum Gasteiger partial charge on any atom is 0.276 e. The van der Waals surface area contributed by atoms with Crippen LogP contribution in [0.25, 0.3) is 16.7 Å². The maximum absolute atomic E-state index is 12.8. The van der Waals surface area contributed by atoms with Gasteiger partial charge in [-0.05, 0) is 42.0 Å². The van der Waals surface area contributed by atoms with E-state index < -0.39 is 0 Å². The van der Waals surface area contributed by atoms with E-state index in [0.717, 1.165) is 16.8 Å². The predicted molar refractivity (Wildman–Crippen MR) is 106 cm³/mol. The summed E-state index contributed by atoms with van der Waals surface area (Å²) in [7, 11) is 1.61. The van der Waals surface area contributed by atoms with Gasteiger partial charge < -0.3 is 14.5 Å². The normalized spacial score (nSPS) is 11.0. The van der Waals surface area contributed by atoms with E-state index in [0.29, 0.717) is 17.7 Å². The topological polar surface area (TPSA) is 77.6 Å². The summed E-state index contributed by atoms with van der Waals surface area (Å²) in [5.41, 5.74) is 2.80. The number of methoxy groups -OCH3 is 1. The summed E-state index contributed by atoms with van der Waals surface area (Å²) in [5.74, 6) is 0.650. The van der Waals surface area contributed by atoms with Gasteiger partial charge in [0.2, 0.25) is 5.91 Å². The van der Waals surface area contributed by atoms with Crippen LogP contribution in [0.4, 0.5) is 0 Å². The number of benzene rings is 1. The number of carbonyl (C=O) groups is 1. The van der Waals surface area contributed by atoms with E-state index in [1.165, 1.54) is 0 Å². The number of amides is 1. The maximum atomic E-state index is 12.8. The molecule has 0 bridgehead atoms. The second kappa shape index (κ2) is 7.56. The van der Waals surface area contributed by atoms with E-state index in [1.54, 1.807) is 23.9 Å². The molecule has 0 atom stereocenters. The number of nitrogens with zero attached hydrogens (tertiary/aromatic N) is 3. The second-order valence-corrected chi connectivity index (χ2v) is 6.44. The third kappa shape index (κ3) is 3.34. The van der Waals surface area contributed by atoms with Crippen LogP contribution in [0, 0.1) is 0 Å². The fourth-order valence-corrected chi connectivity index (χ4v) is 3.24. The zero-order chi connectivity index (χ0) is 19.5. The van der Waals surface area contributed by atoms with Gasteiger partial charge in [0.25, 0.3) is 5.56 Å². The van der Waals surface area contributed by atoms with Crippen molar-refractivity contribution >= 4 is 22.6 Å². The third-order valence-corrected chi connectivity index (χ3v) is 4.71. The molecule has 28 heavy (non-hydrogen) atoms. The van der Waals surface area contributed by atoms with Crippen molar-refractivity contribution < 1.29 is 9.53 Å². The van der Waals surface area contributed by atoms with Gasteiger partial charge in [0.05, 0.1) is 12.6 Å². The number of carbonyl (C=O) groups excluding carboxylic acids is 1. The summed E-state index contributed by atoms with van der Waals surface area (Å²) in [5, 5.41) is 2.89. The number of pyridine rings is 1. The van der Waals surface area contributed by atoms with Crippen LogP contribution >= 0.6 is 0 Å². The van der Waals surface area contributed by atoms with Gasteiger partial charge >= 0.3 is 0 Å². The van der Waals surface area contributed by atoms with Crippen molar-refractivity contribution in [2.75, 3.05) is 7.11 Å². The third-order valence-electron chi connectivity index (χ3n) is 4.71. The molecule has 0 aliphatic carbocycles. The van der Waals surface area contributed by atoms with Gasteiger partial charge in [-0.3, -0.25) is 14.2 Å². The van der Waals surface area contributed by atoms with Crippen molar-refractivity contribution in [3.8, 4) is 5.75 Å². The Hall–Kier alpha value is -3.61. The summed E-state index contributed by atoms with van der Waals surface area (Å²) in [6, 6.07) is 14.9. The fraction of sp³-hybridized carbons (Fsp3) is 0.190. The molecular formula is C21H20N4O3. The molecular weight excluding hydrogens is 356 g/mol. The van der Waals surface area contributed by atoms with E-state index >= 15 is 0 Å². The minimum atomic E-state index is -0.154. The SMILES string of the molecule is COc1ccc(CNC(=O)CCn2c(=O)c3cccn3c3cccnc32)cc1. The predicted octanol–water partition coefficient (Wildman–Crippen LogP) is 2.36. The number of rotatable bonds is 6. The summed E-state index contributed by atoms with van der Waals surface area (Å²) in [6.07, 6.45) is 3.68. The van der Waals surface area contributed by atoms with Crippen LogP contribution in [0.15, 0.2) is 65.7 Å². The van der Waals surface area contributed by atoms with Crippen LogP contribution in [0.1, 0.15) is 12.0 Å². The molecule has 0 saturated heterocycles. The van der Waals surface area contributed by atoms with Crippen molar-refractivity contribution in [3.63, 3.8) is 0 Å². The Kier molecular flexibility index (Phi) is 4.80. The minimum Gasteiger partial charge on any atom is -0.497 e. The highest BCUT2D eigenvalue weighted by Gasteiger charge is 2.12. The molecule has 0 aliphatic heterocycles. The molecule has 7 heteroatoms. The van der Waals surface area contributed by atoms with Crippen molar-refractivity contribution in [2.45, 2.75) is 19.5 Å². The molecule has 0 radical (unpaired) electrons. The first-order valence-corrected chi connectivity index (χ1v) is 9.01. The lowest BCUT2D eigenvalue weighted by atomic mass is 10.2. The lowest BCUT2D eigenvalue weighted by Gasteiger charge is -2.12. The highest BCUT2D eigenvalue weighted by atomic mass is 16.5. The first-order chi connectivity index (χ1) is 13.7. The number of hydrogen-bond acceptors (Lipinski definition) is 4. The monoisotopic (exact) mass is 376 g/mol. The summed E-state index contributed by atoms with van der Waals surface area (Å²) >= 11 is 0. The lowest BCUT2D eigenvalue weighted by Crippen LogP contribution is -2.28. The van der Waals surface area contributed by atoms with Crippen LogP contribution in [0.2, 0.25) is 0 Å². The summed E-state index contributed by atoms with van der Waals surface area (Å²) < 4.78 is 8.52. The Morgan fingerprint density at radius 1 is 1.11 bits per heavy atom. The van der Waals surface area contributed by atoms with Crippen LogP contribution in [-0.4, -0.2) is 27.0 Å². The van der Waals surface area contributed by atoms with E-state index in [-0.39, 0.29) is 24.4 Å². The number of fused-ring (bicyclic) bond motifs is 3. The fourth-order valence-electron chi connectivity index (χ4n) is 3.24. The molecule has 1 N–H and O–H groups in total. The van der Waals surface area contributed by atoms with Gasteiger partial charge in [-0.25, -0.2) is 4.98 Å². The molecule has 0 spiro atoms. The Balaban J connectivity index is 1.49. The molecule has 1 aromatic carbocycles. The van der Waals surface area contributed by atoms with Gasteiger partial charge in [0.1, 0.15) is 11.3 Å². The molecule has 7 nitrogen and oxygen atoms in total. The molecule has 0 unspecified atom stereocenters. The molecule has 4 rings (SSSR count). The molecule has 3 heterocycles. The smallest absolute Gasteiger partial charge is 0.276 e. The van der Waals surface area contributed by atoms with Gasteiger partial charge in [-0.2, -0.15) is 0 Å². The zero-order valence-corrected chi connectivity index (χ0v) is 15.5. The standard InChI is InChI=1S/C21H20N4O3/c1-28-16-8-6-15(7-9-16)14-23-19(26)10-13-25-20-17(4-2-11-22-20)24-12-3-5-18(24)21(25)27/h2-9,11-12H,10,13-14H2,1H3,(H,23,26). The molecule has 0 saturated carbocycles.